The van der Waals surface area contributed by atoms with Crippen molar-refractivity contribution in [1.29, 1.82) is 0 Å². The Kier molecular flexibility index (Phi) is 5.16. The molecule has 1 aliphatic heterocycles. The van der Waals surface area contributed by atoms with Crippen LogP contribution in [0.25, 0.3) is 22.9 Å². The molecule has 6 heteroatoms. The Labute approximate surface area is 159 Å². The standard InChI is InChI=1S/C21H25N5O/c1-3-26-13-5-6-17(26)14-23-19-18(7-4-12-22-19)21-25-24-20(27-21)16-10-8-15(2)9-11-16/h4,7-12,17H,3,5-6,13-14H2,1-2H3,(H,22,23). The number of benzene rings is 1. The number of likely N-dealkylation sites (N-methyl/N-ethyl adjacent to an activating group) is 1. The Morgan fingerprint density at radius 2 is 1.96 bits per heavy atom. The number of nitrogens with zero attached hydrogens (tertiary/aromatic N) is 4. The summed E-state index contributed by atoms with van der Waals surface area (Å²) in [6.07, 6.45) is 4.27. The fourth-order valence-electron chi connectivity index (χ4n) is 3.62. The maximum absolute atomic E-state index is 5.94. The van der Waals surface area contributed by atoms with Crippen LogP contribution in [0.15, 0.2) is 47.0 Å². The van der Waals surface area contributed by atoms with Crippen molar-refractivity contribution >= 4 is 5.82 Å². The lowest BCUT2D eigenvalue weighted by molar-refractivity contribution is 0.277. The van der Waals surface area contributed by atoms with Gasteiger partial charge in [0, 0.05) is 24.3 Å². The second kappa shape index (κ2) is 7.88. The second-order valence-electron chi connectivity index (χ2n) is 6.98. The minimum Gasteiger partial charge on any atom is -0.416 e. The monoisotopic (exact) mass is 363 g/mol. The molecule has 1 aliphatic rings. The summed E-state index contributed by atoms with van der Waals surface area (Å²) in [5.74, 6) is 1.80. The van der Waals surface area contributed by atoms with E-state index in [0.29, 0.717) is 17.8 Å². The zero-order chi connectivity index (χ0) is 18.6. The van der Waals surface area contributed by atoms with Crippen LogP contribution in [-0.2, 0) is 0 Å². The summed E-state index contributed by atoms with van der Waals surface area (Å²) in [7, 11) is 0. The number of hydrogen-bond acceptors (Lipinski definition) is 6. The lowest BCUT2D eigenvalue weighted by Gasteiger charge is -2.23. The zero-order valence-electron chi connectivity index (χ0n) is 15.9. The minimum atomic E-state index is 0.486. The number of likely N-dealkylation sites (tertiary alicyclic amines) is 1. The number of rotatable bonds is 6. The average molecular weight is 363 g/mol. The molecule has 3 heterocycles. The summed E-state index contributed by atoms with van der Waals surface area (Å²) in [6, 6.07) is 12.5. The third-order valence-corrected chi connectivity index (χ3v) is 5.17. The highest BCUT2D eigenvalue weighted by Crippen LogP contribution is 2.28. The van der Waals surface area contributed by atoms with E-state index in [1.54, 1.807) is 6.20 Å². The molecule has 3 aromatic rings. The van der Waals surface area contributed by atoms with Crippen LogP contribution in [-0.4, -0.2) is 45.8 Å². The number of anilines is 1. The van der Waals surface area contributed by atoms with Crippen molar-refractivity contribution in [2.45, 2.75) is 32.7 Å². The molecule has 4 rings (SSSR count). The zero-order valence-corrected chi connectivity index (χ0v) is 15.9. The van der Waals surface area contributed by atoms with Crippen molar-refractivity contribution < 1.29 is 4.42 Å². The van der Waals surface area contributed by atoms with Crippen LogP contribution >= 0.6 is 0 Å². The first-order valence-corrected chi connectivity index (χ1v) is 9.58. The average Bonchev–Trinajstić information content (AvgIpc) is 3.36. The van der Waals surface area contributed by atoms with Crippen molar-refractivity contribution in [2.24, 2.45) is 0 Å². The molecule has 1 N–H and O–H groups in total. The molecule has 2 aromatic heterocycles. The van der Waals surface area contributed by atoms with E-state index in [0.717, 1.165) is 30.0 Å². The highest BCUT2D eigenvalue weighted by molar-refractivity contribution is 5.69. The first kappa shape index (κ1) is 17.7. The number of nitrogens with one attached hydrogen (secondary N) is 1. The van der Waals surface area contributed by atoms with Crippen LogP contribution in [0.1, 0.15) is 25.3 Å². The Hall–Kier alpha value is -2.73. The van der Waals surface area contributed by atoms with Gasteiger partial charge < -0.3 is 9.73 Å². The number of hydrogen-bond donors (Lipinski definition) is 1. The van der Waals surface area contributed by atoms with E-state index in [4.69, 9.17) is 4.42 Å². The van der Waals surface area contributed by atoms with Gasteiger partial charge in [-0.2, -0.15) is 0 Å². The van der Waals surface area contributed by atoms with Gasteiger partial charge in [0.05, 0.1) is 5.56 Å². The van der Waals surface area contributed by atoms with Crippen LogP contribution in [0.3, 0.4) is 0 Å². The van der Waals surface area contributed by atoms with Crippen LogP contribution in [0.4, 0.5) is 5.82 Å². The third kappa shape index (κ3) is 3.85. The van der Waals surface area contributed by atoms with Gasteiger partial charge in [-0.1, -0.05) is 24.6 Å². The quantitative estimate of drug-likeness (QED) is 0.714. The molecular weight excluding hydrogens is 338 g/mol. The maximum Gasteiger partial charge on any atom is 0.251 e. The van der Waals surface area contributed by atoms with E-state index in [1.807, 2.05) is 36.4 Å². The van der Waals surface area contributed by atoms with E-state index in [2.05, 4.69) is 39.2 Å². The fraction of sp³-hybridized carbons (Fsp3) is 0.381. The molecule has 6 nitrogen and oxygen atoms in total. The summed E-state index contributed by atoms with van der Waals surface area (Å²) in [5, 5.41) is 12.0. The molecule has 27 heavy (non-hydrogen) atoms. The van der Waals surface area contributed by atoms with Gasteiger partial charge in [-0.15, -0.1) is 10.2 Å². The van der Waals surface area contributed by atoms with Gasteiger partial charge in [0.1, 0.15) is 5.82 Å². The molecule has 1 aromatic carbocycles. The Morgan fingerprint density at radius 3 is 2.78 bits per heavy atom. The number of aryl methyl sites for hydroxylation is 1. The molecule has 1 atom stereocenters. The van der Waals surface area contributed by atoms with E-state index in [9.17, 15) is 0 Å². The van der Waals surface area contributed by atoms with E-state index in [-0.39, 0.29) is 0 Å². The molecule has 0 amide bonds. The molecule has 0 aliphatic carbocycles. The van der Waals surface area contributed by atoms with Crippen LogP contribution in [0, 0.1) is 6.92 Å². The van der Waals surface area contributed by atoms with Gasteiger partial charge in [-0.05, 0) is 57.1 Å². The van der Waals surface area contributed by atoms with E-state index >= 15 is 0 Å². The fourth-order valence-corrected chi connectivity index (χ4v) is 3.62. The highest BCUT2D eigenvalue weighted by Gasteiger charge is 2.23. The molecule has 0 saturated carbocycles. The Morgan fingerprint density at radius 1 is 1.15 bits per heavy atom. The van der Waals surface area contributed by atoms with Crippen molar-refractivity contribution in [1.82, 2.24) is 20.1 Å². The topological polar surface area (TPSA) is 67.1 Å². The second-order valence-corrected chi connectivity index (χ2v) is 6.98. The number of pyridine rings is 1. The minimum absolute atomic E-state index is 0.486. The third-order valence-electron chi connectivity index (χ3n) is 5.17. The lowest BCUT2D eigenvalue weighted by Crippen LogP contribution is -2.34. The smallest absolute Gasteiger partial charge is 0.251 e. The molecule has 1 fully saturated rings. The molecule has 0 radical (unpaired) electrons. The Balaban J connectivity index is 1.53. The predicted octanol–water partition coefficient (Wildman–Crippen LogP) is 4.00. The van der Waals surface area contributed by atoms with Crippen molar-refractivity contribution in [3.63, 3.8) is 0 Å². The predicted molar refractivity (Wildman–Crippen MR) is 106 cm³/mol. The van der Waals surface area contributed by atoms with Gasteiger partial charge in [0.2, 0.25) is 5.89 Å². The van der Waals surface area contributed by atoms with Gasteiger partial charge in [0.25, 0.3) is 5.89 Å². The van der Waals surface area contributed by atoms with Crippen LogP contribution in [0.5, 0.6) is 0 Å². The summed E-state index contributed by atoms with van der Waals surface area (Å²) in [4.78, 5) is 7.01. The van der Waals surface area contributed by atoms with Crippen LogP contribution in [0.2, 0.25) is 0 Å². The van der Waals surface area contributed by atoms with Crippen molar-refractivity contribution in [2.75, 3.05) is 25.0 Å². The highest BCUT2D eigenvalue weighted by atomic mass is 16.4. The van der Waals surface area contributed by atoms with Crippen LogP contribution < -0.4 is 5.32 Å². The lowest BCUT2D eigenvalue weighted by atomic mass is 10.1. The van der Waals surface area contributed by atoms with Crippen molar-refractivity contribution in [3.05, 3.63) is 48.2 Å². The summed E-state index contributed by atoms with van der Waals surface area (Å²) >= 11 is 0. The van der Waals surface area contributed by atoms with Gasteiger partial charge in [-0.25, -0.2) is 4.98 Å². The SMILES string of the molecule is CCN1CCCC1CNc1ncccc1-c1nnc(-c2ccc(C)cc2)o1. The number of aromatic nitrogens is 3. The van der Waals surface area contributed by atoms with E-state index in [1.165, 1.54) is 24.9 Å². The Bertz CT molecular complexity index is 890. The normalized spacial score (nSPS) is 17.3. The molecule has 0 spiro atoms. The summed E-state index contributed by atoms with van der Waals surface area (Å²) in [5.41, 5.74) is 2.96. The largest absolute Gasteiger partial charge is 0.416 e. The van der Waals surface area contributed by atoms with E-state index < -0.39 is 0 Å². The first-order valence-electron chi connectivity index (χ1n) is 9.58. The molecule has 1 saturated heterocycles. The van der Waals surface area contributed by atoms with Gasteiger partial charge in [0.15, 0.2) is 0 Å². The van der Waals surface area contributed by atoms with Crippen molar-refractivity contribution in [3.8, 4) is 22.9 Å². The molecule has 140 valence electrons. The van der Waals surface area contributed by atoms with Gasteiger partial charge >= 0.3 is 0 Å². The summed E-state index contributed by atoms with van der Waals surface area (Å²) in [6.45, 7) is 7.42. The maximum atomic E-state index is 5.94. The molecular formula is C21H25N5O. The molecule has 0 bridgehead atoms. The van der Waals surface area contributed by atoms with Gasteiger partial charge in [-0.3, -0.25) is 4.90 Å². The first-order chi connectivity index (χ1) is 13.2. The molecule has 1 unspecified atom stereocenters. The summed E-state index contributed by atoms with van der Waals surface area (Å²) < 4.78 is 5.94.